The Bertz CT molecular complexity index is 507. The summed E-state index contributed by atoms with van der Waals surface area (Å²) in [6, 6.07) is 8.25. The standard InChI is InChI=1S/C10H6INS/c1-6-4-7-2-3-8(5-12)9(11)10(7)13-6/h2-4H,1H3. The molecule has 64 valence electrons. The van der Waals surface area contributed by atoms with Gasteiger partial charge in [-0.15, -0.1) is 11.3 Å². The molecule has 1 aromatic heterocycles. The number of fused-ring (bicyclic) bond motifs is 1. The van der Waals surface area contributed by atoms with E-state index in [-0.39, 0.29) is 0 Å². The van der Waals surface area contributed by atoms with Crippen LogP contribution in [0.5, 0.6) is 0 Å². The predicted octanol–water partition coefficient (Wildman–Crippen LogP) is 3.69. The number of benzene rings is 1. The van der Waals surface area contributed by atoms with E-state index in [0.29, 0.717) is 0 Å². The Morgan fingerprint density at radius 1 is 1.46 bits per heavy atom. The molecule has 0 aliphatic heterocycles. The van der Waals surface area contributed by atoms with E-state index in [1.165, 1.54) is 15.0 Å². The average molecular weight is 299 g/mol. The van der Waals surface area contributed by atoms with Crippen molar-refractivity contribution in [2.45, 2.75) is 6.92 Å². The third-order valence-electron chi connectivity index (χ3n) is 1.87. The van der Waals surface area contributed by atoms with Crippen molar-refractivity contribution in [2.24, 2.45) is 0 Å². The predicted molar refractivity (Wildman–Crippen MR) is 64.0 cm³/mol. The topological polar surface area (TPSA) is 23.8 Å². The maximum atomic E-state index is 8.83. The lowest BCUT2D eigenvalue weighted by molar-refractivity contribution is 1.49. The first-order valence-corrected chi connectivity index (χ1v) is 5.70. The van der Waals surface area contributed by atoms with Gasteiger partial charge in [-0.3, -0.25) is 0 Å². The summed E-state index contributed by atoms with van der Waals surface area (Å²) in [4.78, 5) is 1.29. The largest absolute Gasteiger partial charge is 0.192 e. The minimum atomic E-state index is 0.773. The fraction of sp³-hybridized carbons (Fsp3) is 0.100. The van der Waals surface area contributed by atoms with E-state index >= 15 is 0 Å². The van der Waals surface area contributed by atoms with Crippen LogP contribution in [0, 0.1) is 21.8 Å². The molecule has 0 amide bonds. The van der Waals surface area contributed by atoms with Gasteiger partial charge in [-0.1, -0.05) is 6.07 Å². The van der Waals surface area contributed by atoms with Gasteiger partial charge in [-0.05, 0) is 47.0 Å². The van der Waals surface area contributed by atoms with Crippen LogP contribution in [0.2, 0.25) is 0 Å². The molecule has 0 saturated carbocycles. The summed E-state index contributed by atoms with van der Waals surface area (Å²) >= 11 is 3.99. The van der Waals surface area contributed by atoms with Gasteiger partial charge in [0.25, 0.3) is 0 Å². The quantitative estimate of drug-likeness (QED) is 0.681. The van der Waals surface area contributed by atoms with Crippen LogP contribution in [-0.2, 0) is 0 Å². The van der Waals surface area contributed by atoms with Crippen molar-refractivity contribution < 1.29 is 0 Å². The monoisotopic (exact) mass is 299 g/mol. The first kappa shape index (κ1) is 8.97. The third kappa shape index (κ3) is 1.45. The van der Waals surface area contributed by atoms with Crippen LogP contribution in [0.1, 0.15) is 10.4 Å². The molecular weight excluding hydrogens is 293 g/mol. The maximum absolute atomic E-state index is 8.83. The van der Waals surface area contributed by atoms with Gasteiger partial charge in [-0.25, -0.2) is 0 Å². The summed E-state index contributed by atoms with van der Waals surface area (Å²) in [6.07, 6.45) is 0. The molecule has 0 atom stereocenters. The van der Waals surface area contributed by atoms with E-state index in [1.807, 2.05) is 12.1 Å². The second-order valence-electron chi connectivity index (χ2n) is 2.81. The van der Waals surface area contributed by atoms with Gasteiger partial charge in [0.2, 0.25) is 0 Å². The fourth-order valence-electron chi connectivity index (χ4n) is 1.28. The summed E-state index contributed by atoms with van der Waals surface area (Å²) in [5, 5.41) is 10.1. The molecule has 2 aromatic rings. The van der Waals surface area contributed by atoms with E-state index in [9.17, 15) is 0 Å². The van der Waals surface area contributed by atoms with Gasteiger partial charge in [0.05, 0.1) is 5.56 Å². The number of hydrogen-bond donors (Lipinski definition) is 0. The molecule has 1 nitrogen and oxygen atoms in total. The minimum Gasteiger partial charge on any atom is -0.192 e. The highest BCUT2D eigenvalue weighted by Gasteiger charge is 2.06. The second-order valence-corrected chi connectivity index (χ2v) is 5.15. The van der Waals surface area contributed by atoms with Gasteiger partial charge >= 0.3 is 0 Å². The van der Waals surface area contributed by atoms with Crippen LogP contribution < -0.4 is 0 Å². The smallest absolute Gasteiger partial charge is 0.100 e. The highest BCUT2D eigenvalue weighted by atomic mass is 127. The molecule has 0 unspecified atom stereocenters. The lowest BCUT2D eigenvalue weighted by Crippen LogP contribution is -1.79. The summed E-state index contributed by atoms with van der Waals surface area (Å²) in [7, 11) is 0. The third-order valence-corrected chi connectivity index (χ3v) is 4.44. The Labute approximate surface area is 94.1 Å². The Kier molecular flexibility index (Phi) is 2.26. The molecule has 0 aliphatic rings. The molecule has 0 fully saturated rings. The van der Waals surface area contributed by atoms with Crippen molar-refractivity contribution >= 4 is 44.0 Å². The summed E-state index contributed by atoms with van der Waals surface area (Å²) in [5.74, 6) is 0. The van der Waals surface area contributed by atoms with E-state index < -0.39 is 0 Å². The zero-order valence-electron chi connectivity index (χ0n) is 6.97. The Morgan fingerprint density at radius 2 is 2.23 bits per heavy atom. The average Bonchev–Trinajstić information content (AvgIpc) is 2.47. The lowest BCUT2D eigenvalue weighted by Gasteiger charge is -1.95. The van der Waals surface area contributed by atoms with Crippen LogP contribution in [0.4, 0.5) is 0 Å². The fourth-order valence-corrected chi connectivity index (χ4v) is 3.18. The van der Waals surface area contributed by atoms with Crippen LogP contribution >= 0.6 is 33.9 Å². The van der Waals surface area contributed by atoms with Crippen LogP contribution in [-0.4, -0.2) is 0 Å². The summed E-state index contributed by atoms with van der Waals surface area (Å²) in [5.41, 5.74) is 0.773. The summed E-state index contributed by atoms with van der Waals surface area (Å²) < 4.78 is 2.31. The molecule has 0 bridgehead atoms. The van der Waals surface area contributed by atoms with Crippen molar-refractivity contribution in [3.8, 4) is 6.07 Å². The van der Waals surface area contributed by atoms with Crippen LogP contribution in [0.15, 0.2) is 18.2 Å². The first-order valence-electron chi connectivity index (χ1n) is 3.81. The Balaban J connectivity index is 2.87. The van der Waals surface area contributed by atoms with E-state index in [2.05, 4.69) is 41.7 Å². The number of hydrogen-bond acceptors (Lipinski definition) is 2. The molecule has 1 heterocycles. The lowest BCUT2D eigenvalue weighted by atomic mass is 10.2. The van der Waals surface area contributed by atoms with Gasteiger partial charge < -0.3 is 0 Å². The van der Waals surface area contributed by atoms with Crippen molar-refractivity contribution in [3.05, 3.63) is 32.2 Å². The molecule has 3 heteroatoms. The van der Waals surface area contributed by atoms with Crippen molar-refractivity contribution in [1.82, 2.24) is 0 Å². The van der Waals surface area contributed by atoms with Gasteiger partial charge in [0, 0.05) is 13.1 Å². The zero-order chi connectivity index (χ0) is 9.42. The number of nitriles is 1. The van der Waals surface area contributed by atoms with Gasteiger partial charge in [0.1, 0.15) is 6.07 Å². The maximum Gasteiger partial charge on any atom is 0.100 e. The molecule has 0 radical (unpaired) electrons. The SMILES string of the molecule is Cc1cc2ccc(C#N)c(I)c2s1. The first-order chi connectivity index (χ1) is 6.22. The van der Waals surface area contributed by atoms with Crippen LogP contribution in [0.3, 0.4) is 0 Å². The van der Waals surface area contributed by atoms with Crippen molar-refractivity contribution in [1.29, 1.82) is 5.26 Å². The Hall–Kier alpha value is -0.600. The van der Waals surface area contributed by atoms with Crippen molar-refractivity contribution in [2.75, 3.05) is 0 Å². The second kappa shape index (κ2) is 3.28. The van der Waals surface area contributed by atoms with Gasteiger partial charge in [-0.2, -0.15) is 5.26 Å². The molecule has 0 saturated heterocycles. The number of nitrogens with zero attached hydrogens (tertiary/aromatic N) is 1. The number of aryl methyl sites for hydroxylation is 1. The van der Waals surface area contributed by atoms with E-state index in [1.54, 1.807) is 11.3 Å². The number of thiophene rings is 1. The molecule has 0 N–H and O–H groups in total. The van der Waals surface area contributed by atoms with Gasteiger partial charge in [0.15, 0.2) is 0 Å². The van der Waals surface area contributed by atoms with Crippen LogP contribution in [0.25, 0.3) is 10.1 Å². The highest BCUT2D eigenvalue weighted by molar-refractivity contribution is 14.1. The molecular formula is C10H6INS. The van der Waals surface area contributed by atoms with E-state index in [0.717, 1.165) is 9.13 Å². The molecule has 13 heavy (non-hydrogen) atoms. The molecule has 1 aromatic carbocycles. The number of halogens is 1. The minimum absolute atomic E-state index is 0.773. The van der Waals surface area contributed by atoms with Crippen molar-refractivity contribution in [3.63, 3.8) is 0 Å². The van der Waals surface area contributed by atoms with E-state index in [4.69, 9.17) is 5.26 Å². The summed E-state index contributed by atoms with van der Waals surface area (Å²) in [6.45, 7) is 2.09. The molecule has 0 aliphatic carbocycles. The number of rotatable bonds is 0. The normalized spacial score (nSPS) is 10.2. The molecule has 2 rings (SSSR count). The Morgan fingerprint density at radius 3 is 2.92 bits per heavy atom. The highest BCUT2D eigenvalue weighted by Crippen LogP contribution is 2.31. The molecule has 0 spiro atoms. The zero-order valence-corrected chi connectivity index (χ0v) is 9.94.